The fraction of sp³-hybridized carbons (Fsp3) is 0.290. The number of fused-ring (bicyclic) bond motifs is 1. The smallest absolute Gasteiger partial charge is 0.416 e. The lowest BCUT2D eigenvalue weighted by molar-refractivity contribution is -0.137. The Balaban J connectivity index is 1.33. The van der Waals surface area contributed by atoms with Gasteiger partial charge in [0.25, 0.3) is 5.56 Å². The molecule has 2 aromatic heterocycles. The minimum Gasteiger partial charge on any atom is -0.497 e. The number of aromatic amines is 1. The number of pyridine rings is 1. The number of tetrazole rings is 1. The first-order valence-electron chi connectivity index (χ1n) is 14.0. The molecule has 3 aromatic carbocycles. The van der Waals surface area contributed by atoms with Crippen LogP contribution in [0.15, 0.2) is 83.7 Å². The van der Waals surface area contributed by atoms with Gasteiger partial charge in [-0.3, -0.25) is 9.69 Å². The summed E-state index contributed by atoms with van der Waals surface area (Å²) in [5.74, 6) is 1.16. The molecule has 0 bridgehead atoms. The van der Waals surface area contributed by atoms with Crippen molar-refractivity contribution in [3.8, 4) is 5.75 Å². The van der Waals surface area contributed by atoms with Gasteiger partial charge in [-0.2, -0.15) is 13.2 Å². The van der Waals surface area contributed by atoms with Gasteiger partial charge in [0.15, 0.2) is 5.82 Å². The van der Waals surface area contributed by atoms with Crippen molar-refractivity contribution in [3.63, 3.8) is 0 Å². The van der Waals surface area contributed by atoms with E-state index in [0.717, 1.165) is 17.0 Å². The Morgan fingerprint density at radius 2 is 1.74 bits per heavy atom. The molecule has 5 aromatic rings. The van der Waals surface area contributed by atoms with Crippen LogP contribution in [0.4, 0.5) is 18.9 Å². The van der Waals surface area contributed by atoms with Crippen molar-refractivity contribution in [2.24, 2.45) is 0 Å². The number of anilines is 1. The van der Waals surface area contributed by atoms with E-state index in [1.165, 1.54) is 12.1 Å². The topological polar surface area (TPSA) is 92.2 Å². The van der Waals surface area contributed by atoms with Crippen molar-refractivity contribution in [1.29, 1.82) is 0 Å². The summed E-state index contributed by atoms with van der Waals surface area (Å²) in [5, 5.41) is 13.5. The van der Waals surface area contributed by atoms with Crippen LogP contribution >= 0.6 is 0 Å². The molecule has 9 nitrogen and oxygen atoms in total. The molecule has 1 aliphatic rings. The third-order valence-electron chi connectivity index (χ3n) is 7.85. The number of alkyl halides is 3. The van der Waals surface area contributed by atoms with Crippen LogP contribution in [0.1, 0.15) is 28.6 Å². The molecule has 0 amide bonds. The van der Waals surface area contributed by atoms with Crippen molar-refractivity contribution >= 4 is 16.6 Å². The Morgan fingerprint density at radius 3 is 2.49 bits per heavy atom. The van der Waals surface area contributed by atoms with E-state index in [2.05, 4.69) is 25.4 Å². The Labute approximate surface area is 245 Å². The molecule has 43 heavy (non-hydrogen) atoms. The van der Waals surface area contributed by atoms with E-state index in [4.69, 9.17) is 4.74 Å². The number of aryl methyl sites for hydroxylation is 2. The van der Waals surface area contributed by atoms with Crippen LogP contribution in [-0.4, -0.2) is 63.4 Å². The second-order valence-electron chi connectivity index (χ2n) is 10.5. The fourth-order valence-corrected chi connectivity index (χ4v) is 5.59. The van der Waals surface area contributed by atoms with Crippen LogP contribution in [0.2, 0.25) is 0 Å². The third kappa shape index (κ3) is 6.09. The van der Waals surface area contributed by atoms with Crippen molar-refractivity contribution in [3.05, 3.63) is 112 Å². The predicted molar refractivity (Wildman–Crippen MR) is 156 cm³/mol. The lowest BCUT2D eigenvalue weighted by atomic mass is 10.0. The highest BCUT2D eigenvalue weighted by atomic mass is 19.4. The molecule has 1 fully saturated rings. The van der Waals surface area contributed by atoms with Gasteiger partial charge in [0.05, 0.1) is 18.2 Å². The van der Waals surface area contributed by atoms with Crippen molar-refractivity contribution in [2.75, 3.05) is 38.2 Å². The van der Waals surface area contributed by atoms with E-state index in [0.29, 0.717) is 67.5 Å². The van der Waals surface area contributed by atoms with Crippen molar-refractivity contribution in [1.82, 2.24) is 30.1 Å². The minimum atomic E-state index is -4.42. The maximum atomic E-state index is 13.6. The molecule has 3 heterocycles. The van der Waals surface area contributed by atoms with Gasteiger partial charge in [-0.05, 0) is 64.2 Å². The zero-order valence-corrected chi connectivity index (χ0v) is 23.5. The van der Waals surface area contributed by atoms with E-state index < -0.39 is 17.8 Å². The maximum absolute atomic E-state index is 13.6. The quantitative estimate of drug-likeness (QED) is 0.281. The molecule has 1 saturated heterocycles. The molecule has 1 N–H and O–H groups in total. The number of nitrogens with one attached hydrogen (secondary N) is 1. The lowest BCUT2D eigenvalue weighted by Crippen LogP contribution is -2.49. The predicted octanol–water partition coefficient (Wildman–Crippen LogP) is 4.70. The first-order chi connectivity index (χ1) is 20.8. The third-order valence-corrected chi connectivity index (χ3v) is 7.85. The first-order valence-corrected chi connectivity index (χ1v) is 14.0. The van der Waals surface area contributed by atoms with Gasteiger partial charge in [-0.15, -0.1) is 5.10 Å². The molecule has 0 spiro atoms. The van der Waals surface area contributed by atoms with Crippen LogP contribution < -0.4 is 15.2 Å². The number of piperazine rings is 1. The first kappa shape index (κ1) is 28.4. The zero-order chi connectivity index (χ0) is 30.0. The number of nitrogens with zero attached hydrogens (tertiary/aromatic N) is 6. The Hall–Kier alpha value is -4.71. The summed E-state index contributed by atoms with van der Waals surface area (Å²) >= 11 is 0. The fourth-order valence-electron chi connectivity index (χ4n) is 5.59. The van der Waals surface area contributed by atoms with Gasteiger partial charge in [0, 0.05) is 50.0 Å². The molecule has 1 atom stereocenters. The Bertz CT molecular complexity index is 1760. The minimum absolute atomic E-state index is 0.274. The molecule has 0 aliphatic carbocycles. The van der Waals surface area contributed by atoms with E-state index in [1.54, 1.807) is 23.9 Å². The Morgan fingerprint density at radius 1 is 0.953 bits per heavy atom. The average Bonchev–Trinajstić information content (AvgIpc) is 3.48. The number of benzene rings is 3. The molecule has 1 aliphatic heterocycles. The number of aromatic nitrogens is 5. The SMILES string of the molecule is COc1ccc2cc([C@H](c3nnnn3CCc3ccccc3)N3CCN(c4cccc(C(F)(F)F)c4)CC3)c(=O)[nH]c2c1. The standard InChI is InChI=1S/C31H30F3N7O2/c1-43-25-11-10-22-18-26(30(42)35-27(22)20-25)28(29-36-37-38-41(29)13-12-21-6-3-2-4-7-21)40-16-14-39(15-17-40)24-9-5-8-23(19-24)31(32,33)34/h2-11,18-20,28H,12-17H2,1H3,(H,35,42)/t28-/m1/s1. The molecule has 12 heteroatoms. The van der Waals surface area contributed by atoms with Gasteiger partial charge in [-0.1, -0.05) is 36.4 Å². The highest BCUT2D eigenvalue weighted by molar-refractivity contribution is 5.80. The van der Waals surface area contributed by atoms with E-state index in [1.807, 2.05) is 53.4 Å². The number of ether oxygens (including phenoxy) is 1. The summed E-state index contributed by atoms with van der Waals surface area (Å²) in [5.41, 5.74) is 1.82. The van der Waals surface area contributed by atoms with Crippen LogP contribution in [0.3, 0.4) is 0 Å². The summed E-state index contributed by atoms with van der Waals surface area (Å²) < 4.78 is 47.1. The molecule has 0 saturated carbocycles. The monoisotopic (exact) mass is 589 g/mol. The van der Waals surface area contributed by atoms with E-state index in [9.17, 15) is 18.0 Å². The summed E-state index contributed by atoms with van der Waals surface area (Å²) in [6, 6.07) is 22.1. The second kappa shape index (κ2) is 11.9. The number of hydrogen-bond donors (Lipinski definition) is 1. The second-order valence-corrected chi connectivity index (χ2v) is 10.5. The van der Waals surface area contributed by atoms with E-state index >= 15 is 0 Å². The number of halogens is 3. The van der Waals surface area contributed by atoms with Crippen molar-refractivity contribution < 1.29 is 17.9 Å². The molecular formula is C31H30F3N7O2. The van der Waals surface area contributed by atoms with Gasteiger partial charge in [-0.25, -0.2) is 4.68 Å². The molecule has 0 unspecified atom stereocenters. The zero-order valence-electron chi connectivity index (χ0n) is 23.5. The summed E-state index contributed by atoms with van der Waals surface area (Å²) in [7, 11) is 1.57. The number of H-pyrrole nitrogens is 1. The normalized spacial score (nSPS) is 15.1. The maximum Gasteiger partial charge on any atom is 0.416 e. The molecule has 6 rings (SSSR count). The van der Waals surface area contributed by atoms with Gasteiger partial charge in [0.2, 0.25) is 0 Å². The molecule has 222 valence electrons. The van der Waals surface area contributed by atoms with Gasteiger partial charge < -0.3 is 14.6 Å². The summed E-state index contributed by atoms with van der Waals surface area (Å²) in [4.78, 5) is 20.6. The summed E-state index contributed by atoms with van der Waals surface area (Å²) in [6.07, 6.45) is -3.72. The Kier molecular flexibility index (Phi) is 7.85. The number of methoxy groups -OCH3 is 1. The average molecular weight is 590 g/mol. The number of rotatable bonds is 8. The van der Waals surface area contributed by atoms with Crippen LogP contribution in [0.5, 0.6) is 5.75 Å². The lowest BCUT2D eigenvalue weighted by Gasteiger charge is -2.39. The number of hydrogen-bond acceptors (Lipinski definition) is 7. The van der Waals surface area contributed by atoms with Crippen molar-refractivity contribution in [2.45, 2.75) is 25.2 Å². The van der Waals surface area contributed by atoms with Crippen LogP contribution in [0.25, 0.3) is 10.9 Å². The van der Waals surface area contributed by atoms with Crippen LogP contribution in [0, 0.1) is 0 Å². The molecule has 0 radical (unpaired) electrons. The van der Waals surface area contributed by atoms with E-state index in [-0.39, 0.29) is 5.56 Å². The molecular weight excluding hydrogens is 559 g/mol. The summed E-state index contributed by atoms with van der Waals surface area (Å²) in [6.45, 7) is 2.40. The highest BCUT2D eigenvalue weighted by Gasteiger charge is 2.34. The van der Waals surface area contributed by atoms with Crippen LogP contribution in [-0.2, 0) is 19.1 Å². The van der Waals surface area contributed by atoms with Gasteiger partial charge >= 0.3 is 6.18 Å². The largest absolute Gasteiger partial charge is 0.497 e. The highest BCUT2D eigenvalue weighted by Crippen LogP contribution is 2.33. The van der Waals surface area contributed by atoms with Gasteiger partial charge in [0.1, 0.15) is 11.8 Å².